The number of imidazole rings is 1. The van der Waals surface area contributed by atoms with E-state index in [0.717, 1.165) is 28.8 Å². The van der Waals surface area contributed by atoms with Crippen molar-refractivity contribution in [1.29, 1.82) is 0 Å². The van der Waals surface area contributed by atoms with Gasteiger partial charge in [-0.25, -0.2) is 14.6 Å². The first-order valence-electron chi connectivity index (χ1n) is 11.9. The van der Waals surface area contributed by atoms with Crippen molar-refractivity contribution in [2.45, 2.75) is 25.2 Å². The van der Waals surface area contributed by atoms with Gasteiger partial charge in [0.2, 0.25) is 0 Å². The number of amides is 1. The SMILES string of the molecule is COC(=O)c1c(NC(=O)COC(=O)c2ccc(-c3ncc[nH]3)cc2)sc2c1CCC(c1ccccc1)C2. The van der Waals surface area contributed by atoms with Crippen LogP contribution in [0.15, 0.2) is 67.0 Å². The smallest absolute Gasteiger partial charge is 0.341 e. The molecule has 188 valence electrons. The van der Waals surface area contributed by atoms with Crippen molar-refractivity contribution in [2.75, 3.05) is 19.0 Å². The fraction of sp³-hybridized carbons (Fsp3) is 0.214. The third kappa shape index (κ3) is 5.31. The van der Waals surface area contributed by atoms with E-state index >= 15 is 0 Å². The predicted molar refractivity (Wildman–Crippen MR) is 140 cm³/mol. The molecule has 9 heteroatoms. The Morgan fingerprint density at radius 1 is 1.08 bits per heavy atom. The van der Waals surface area contributed by atoms with Crippen molar-refractivity contribution in [3.63, 3.8) is 0 Å². The molecule has 2 heterocycles. The van der Waals surface area contributed by atoms with Crippen molar-refractivity contribution in [3.05, 3.63) is 94.1 Å². The predicted octanol–water partition coefficient (Wildman–Crippen LogP) is 4.99. The van der Waals surface area contributed by atoms with Gasteiger partial charge in [-0.1, -0.05) is 42.5 Å². The van der Waals surface area contributed by atoms with Gasteiger partial charge < -0.3 is 19.8 Å². The van der Waals surface area contributed by atoms with E-state index in [1.807, 2.05) is 18.2 Å². The molecule has 0 aliphatic heterocycles. The van der Waals surface area contributed by atoms with Crippen LogP contribution in [-0.4, -0.2) is 41.5 Å². The third-order valence-electron chi connectivity index (χ3n) is 6.41. The molecular weight excluding hydrogens is 490 g/mol. The summed E-state index contributed by atoms with van der Waals surface area (Å²) in [6, 6.07) is 17.0. The standard InChI is InChI=1S/C28H25N3O5S/c1-35-28(34)24-21-12-11-20(17-5-3-2-4-6-17)15-22(21)37-26(24)31-23(32)16-36-27(33)19-9-7-18(8-10-19)25-29-13-14-30-25/h2-10,13-14,20H,11-12,15-16H2,1H3,(H,29,30)(H,31,32). The largest absolute Gasteiger partial charge is 0.465 e. The topological polar surface area (TPSA) is 110 Å². The highest BCUT2D eigenvalue weighted by molar-refractivity contribution is 7.17. The summed E-state index contributed by atoms with van der Waals surface area (Å²) < 4.78 is 10.2. The van der Waals surface area contributed by atoms with Gasteiger partial charge in [0.25, 0.3) is 5.91 Å². The number of anilines is 1. The Balaban J connectivity index is 1.25. The summed E-state index contributed by atoms with van der Waals surface area (Å²) in [6.07, 6.45) is 5.77. The minimum Gasteiger partial charge on any atom is -0.465 e. The number of benzene rings is 2. The summed E-state index contributed by atoms with van der Waals surface area (Å²) in [5, 5.41) is 3.19. The molecule has 1 unspecified atom stereocenters. The summed E-state index contributed by atoms with van der Waals surface area (Å²) in [6.45, 7) is -0.478. The maximum absolute atomic E-state index is 12.7. The van der Waals surface area contributed by atoms with Gasteiger partial charge >= 0.3 is 11.9 Å². The maximum Gasteiger partial charge on any atom is 0.341 e. The van der Waals surface area contributed by atoms with E-state index in [1.165, 1.54) is 24.0 Å². The Hall–Kier alpha value is -4.24. The Morgan fingerprint density at radius 3 is 2.57 bits per heavy atom. The van der Waals surface area contributed by atoms with E-state index in [9.17, 15) is 14.4 Å². The van der Waals surface area contributed by atoms with Crippen LogP contribution in [0.5, 0.6) is 0 Å². The zero-order chi connectivity index (χ0) is 25.8. The Kier molecular flexibility index (Phi) is 7.14. The van der Waals surface area contributed by atoms with Crippen LogP contribution < -0.4 is 5.32 Å². The Morgan fingerprint density at radius 2 is 1.86 bits per heavy atom. The molecule has 1 aliphatic carbocycles. The lowest BCUT2D eigenvalue weighted by Crippen LogP contribution is -2.22. The quantitative estimate of drug-likeness (QED) is 0.336. The number of hydrogen-bond donors (Lipinski definition) is 2. The van der Waals surface area contributed by atoms with Crippen molar-refractivity contribution in [1.82, 2.24) is 9.97 Å². The van der Waals surface area contributed by atoms with E-state index in [-0.39, 0.29) is 0 Å². The average molecular weight is 516 g/mol. The lowest BCUT2D eigenvalue weighted by atomic mass is 9.83. The fourth-order valence-corrected chi connectivity index (χ4v) is 5.90. The molecule has 1 atom stereocenters. The molecule has 2 aromatic heterocycles. The number of carbonyl (C=O) groups is 3. The van der Waals surface area contributed by atoms with Crippen LogP contribution >= 0.6 is 11.3 Å². The van der Waals surface area contributed by atoms with Crippen LogP contribution in [0.2, 0.25) is 0 Å². The number of methoxy groups -OCH3 is 1. The molecule has 2 N–H and O–H groups in total. The van der Waals surface area contributed by atoms with E-state index in [4.69, 9.17) is 9.47 Å². The molecule has 0 saturated heterocycles. The second-order valence-electron chi connectivity index (χ2n) is 8.69. The fourth-order valence-electron chi connectivity index (χ4n) is 4.57. The zero-order valence-electron chi connectivity index (χ0n) is 20.2. The summed E-state index contributed by atoms with van der Waals surface area (Å²) in [7, 11) is 1.33. The number of rotatable bonds is 7. The van der Waals surface area contributed by atoms with E-state index < -0.39 is 24.5 Å². The molecule has 8 nitrogen and oxygen atoms in total. The van der Waals surface area contributed by atoms with Crippen LogP contribution in [0.3, 0.4) is 0 Å². The number of nitrogens with one attached hydrogen (secondary N) is 2. The molecule has 1 amide bonds. The van der Waals surface area contributed by atoms with Gasteiger partial charge in [0, 0.05) is 22.8 Å². The summed E-state index contributed by atoms with van der Waals surface area (Å²) >= 11 is 1.38. The monoisotopic (exact) mass is 515 g/mol. The number of carbonyl (C=O) groups excluding carboxylic acids is 3. The number of aromatic amines is 1. The summed E-state index contributed by atoms with van der Waals surface area (Å²) in [4.78, 5) is 46.0. The number of aromatic nitrogens is 2. The number of nitrogens with zero attached hydrogens (tertiary/aromatic N) is 1. The number of H-pyrrole nitrogens is 1. The minimum atomic E-state index is -0.620. The number of thiophene rings is 1. The lowest BCUT2D eigenvalue weighted by Gasteiger charge is -2.22. The molecule has 1 aliphatic rings. The Bertz CT molecular complexity index is 1410. The summed E-state index contributed by atoms with van der Waals surface area (Å²) in [5.41, 5.74) is 3.72. The highest BCUT2D eigenvalue weighted by Gasteiger charge is 2.30. The number of fused-ring (bicyclic) bond motifs is 1. The molecule has 2 aromatic carbocycles. The normalized spacial score (nSPS) is 14.5. The van der Waals surface area contributed by atoms with Crippen LogP contribution in [0.4, 0.5) is 5.00 Å². The van der Waals surface area contributed by atoms with Crippen LogP contribution in [0.25, 0.3) is 11.4 Å². The summed E-state index contributed by atoms with van der Waals surface area (Å²) in [5.74, 6) is -0.593. The molecule has 0 spiro atoms. The van der Waals surface area contributed by atoms with Crippen LogP contribution in [0, 0.1) is 0 Å². The van der Waals surface area contributed by atoms with Crippen molar-refractivity contribution in [2.24, 2.45) is 0 Å². The first kappa shape index (κ1) is 24.5. The van der Waals surface area contributed by atoms with E-state index in [2.05, 4.69) is 27.4 Å². The molecule has 0 bridgehead atoms. The second kappa shape index (κ2) is 10.8. The van der Waals surface area contributed by atoms with Crippen molar-refractivity contribution >= 4 is 34.2 Å². The minimum absolute atomic E-state index is 0.317. The zero-order valence-corrected chi connectivity index (χ0v) is 21.0. The highest BCUT2D eigenvalue weighted by atomic mass is 32.1. The van der Waals surface area contributed by atoms with Gasteiger partial charge in [-0.3, -0.25) is 4.79 Å². The maximum atomic E-state index is 12.7. The molecular formula is C28H25N3O5S. The van der Waals surface area contributed by atoms with Crippen molar-refractivity contribution in [3.8, 4) is 11.4 Å². The number of esters is 2. The lowest BCUT2D eigenvalue weighted by molar-refractivity contribution is -0.119. The van der Waals surface area contributed by atoms with Gasteiger partial charge in [-0.2, -0.15) is 0 Å². The number of hydrogen-bond acceptors (Lipinski definition) is 7. The Labute approximate surface area is 217 Å². The highest BCUT2D eigenvalue weighted by Crippen LogP contribution is 2.42. The van der Waals surface area contributed by atoms with E-state index in [1.54, 1.807) is 36.7 Å². The molecule has 0 radical (unpaired) electrons. The average Bonchev–Trinajstić information content (AvgIpc) is 3.60. The molecule has 4 aromatic rings. The first-order valence-corrected chi connectivity index (χ1v) is 12.7. The van der Waals surface area contributed by atoms with Crippen LogP contribution in [-0.2, 0) is 27.1 Å². The first-order chi connectivity index (χ1) is 18.0. The number of ether oxygens (including phenoxy) is 2. The van der Waals surface area contributed by atoms with Gasteiger partial charge in [-0.05, 0) is 48.4 Å². The van der Waals surface area contributed by atoms with Gasteiger partial charge in [0.1, 0.15) is 10.8 Å². The van der Waals surface area contributed by atoms with Gasteiger partial charge in [-0.15, -0.1) is 11.3 Å². The molecule has 37 heavy (non-hydrogen) atoms. The van der Waals surface area contributed by atoms with Crippen molar-refractivity contribution < 1.29 is 23.9 Å². The van der Waals surface area contributed by atoms with Crippen LogP contribution in [0.1, 0.15) is 49.1 Å². The van der Waals surface area contributed by atoms with E-state index in [0.29, 0.717) is 34.3 Å². The molecule has 0 fully saturated rings. The van der Waals surface area contributed by atoms with Gasteiger partial charge in [0.15, 0.2) is 6.61 Å². The second-order valence-corrected chi connectivity index (χ2v) is 9.79. The third-order valence-corrected chi connectivity index (χ3v) is 7.58. The molecule has 0 saturated carbocycles. The molecule has 5 rings (SSSR count). The van der Waals surface area contributed by atoms with Gasteiger partial charge in [0.05, 0.1) is 18.2 Å².